The first kappa shape index (κ1) is 11.2. The monoisotopic (exact) mass is 169 g/mol. The summed E-state index contributed by atoms with van der Waals surface area (Å²) in [6.45, 7) is 11.6. The maximum atomic E-state index is 11.3. The van der Waals surface area contributed by atoms with Gasteiger partial charge in [-0.15, -0.1) is 6.58 Å². The number of carbonyl (C=O) groups is 1. The van der Waals surface area contributed by atoms with Gasteiger partial charge in [-0.05, 0) is 27.2 Å². The molecule has 0 saturated heterocycles. The maximum absolute atomic E-state index is 11.3. The first-order valence-electron chi connectivity index (χ1n) is 4.38. The highest BCUT2D eigenvalue weighted by molar-refractivity contribution is 5.78. The van der Waals surface area contributed by atoms with Crippen LogP contribution in [0.5, 0.6) is 0 Å². The van der Waals surface area contributed by atoms with E-state index in [1.807, 2.05) is 27.7 Å². The molecule has 0 spiro atoms. The third kappa shape index (κ3) is 4.94. The number of allylic oxidation sites excluding steroid dienone is 1. The molecule has 0 rings (SSSR count). The molecule has 2 heteroatoms. The predicted molar refractivity (Wildman–Crippen MR) is 51.9 cm³/mol. The summed E-state index contributed by atoms with van der Waals surface area (Å²) >= 11 is 0. The third-order valence-corrected chi connectivity index (χ3v) is 1.53. The Bertz CT molecular complexity index is 173. The molecule has 1 N–H and O–H groups in total. The van der Waals surface area contributed by atoms with Crippen molar-refractivity contribution in [2.24, 2.45) is 5.92 Å². The van der Waals surface area contributed by atoms with Crippen LogP contribution in [-0.2, 0) is 4.79 Å². The van der Waals surface area contributed by atoms with E-state index in [0.717, 1.165) is 12.0 Å². The summed E-state index contributed by atoms with van der Waals surface area (Å²) in [4.78, 5) is 11.3. The van der Waals surface area contributed by atoms with E-state index in [1.54, 1.807) is 0 Å². The Hall–Kier alpha value is -0.790. The summed E-state index contributed by atoms with van der Waals surface area (Å²) in [6, 6.07) is 0.227. The highest BCUT2D eigenvalue weighted by Gasteiger charge is 2.12. The van der Waals surface area contributed by atoms with Gasteiger partial charge < -0.3 is 5.32 Å². The fraction of sp³-hybridized carbons (Fsp3) is 0.700. The van der Waals surface area contributed by atoms with Crippen molar-refractivity contribution in [1.29, 1.82) is 0 Å². The van der Waals surface area contributed by atoms with Gasteiger partial charge >= 0.3 is 0 Å². The lowest BCUT2D eigenvalue weighted by Gasteiger charge is -2.14. The molecule has 2 nitrogen and oxygen atoms in total. The van der Waals surface area contributed by atoms with E-state index in [9.17, 15) is 4.79 Å². The second-order valence-electron chi connectivity index (χ2n) is 3.73. The smallest absolute Gasteiger partial charge is 0.223 e. The number of hydrogen-bond acceptors (Lipinski definition) is 1. The van der Waals surface area contributed by atoms with Crippen LogP contribution in [0.2, 0.25) is 0 Å². The SMILES string of the molecule is C=C(C)CC(C)C(=O)NC(C)C. The Morgan fingerprint density at radius 2 is 1.92 bits per heavy atom. The molecular formula is C10H19NO. The summed E-state index contributed by atoms with van der Waals surface area (Å²) in [5.41, 5.74) is 1.06. The largest absolute Gasteiger partial charge is 0.354 e. The highest BCUT2D eigenvalue weighted by atomic mass is 16.1. The Morgan fingerprint density at radius 1 is 1.42 bits per heavy atom. The third-order valence-electron chi connectivity index (χ3n) is 1.53. The van der Waals surface area contributed by atoms with E-state index in [2.05, 4.69) is 11.9 Å². The number of nitrogens with one attached hydrogen (secondary N) is 1. The van der Waals surface area contributed by atoms with Gasteiger partial charge in [-0.3, -0.25) is 4.79 Å². The Balaban J connectivity index is 3.85. The molecule has 1 unspecified atom stereocenters. The van der Waals surface area contributed by atoms with Crippen molar-refractivity contribution >= 4 is 5.91 Å². The zero-order valence-electron chi connectivity index (χ0n) is 8.48. The van der Waals surface area contributed by atoms with E-state index in [0.29, 0.717) is 0 Å². The molecule has 0 heterocycles. The van der Waals surface area contributed by atoms with Crippen molar-refractivity contribution in [1.82, 2.24) is 5.32 Å². The van der Waals surface area contributed by atoms with Crippen molar-refractivity contribution in [2.45, 2.75) is 40.2 Å². The van der Waals surface area contributed by atoms with Gasteiger partial charge in [0.05, 0.1) is 0 Å². The normalized spacial score (nSPS) is 12.8. The lowest BCUT2D eigenvalue weighted by Crippen LogP contribution is -2.34. The molecule has 1 atom stereocenters. The predicted octanol–water partition coefficient (Wildman–Crippen LogP) is 2.11. The van der Waals surface area contributed by atoms with Gasteiger partial charge in [0.1, 0.15) is 0 Å². The Kier molecular flexibility index (Phi) is 4.64. The molecule has 0 aromatic heterocycles. The van der Waals surface area contributed by atoms with Crippen molar-refractivity contribution < 1.29 is 4.79 Å². The van der Waals surface area contributed by atoms with Crippen LogP contribution in [0, 0.1) is 5.92 Å². The quantitative estimate of drug-likeness (QED) is 0.642. The van der Waals surface area contributed by atoms with Gasteiger partial charge in [-0.25, -0.2) is 0 Å². The maximum Gasteiger partial charge on any atom is 0.223 e. The fourth-order valence-electron chi connectivity index (χ4n) is 1.04. The minimum atomic E-state index is 0.0462. The van der Waals surface area contributed by atoms with Gasteiger partial charge in [0.2, 0.25) is 5.91 Å². The number of amides is 1. The summed E-state index contributed by atoms with van der Waals surface area (Å²) in [5.74, 6) is 0.165. The molecule has 1 amide bonds. The minimum absolute atomic E-state index is 0.0462. The fourth-order valence-corrected chi connectivity index (χ4v) is 1.04. The van der Waals surface area contributed by atoms with E-state index >= 15 is 0 Å². The second kappa shape index (κ2) is 4.96. The van der Waals surface area contributed by atoms with Crippen LogP contribution in [0.3, 0.4) is 0 Å². The first-order chi connectivity index (χ1) is 5.43. The lowest BCUT2D eigenvalue weighted by molar-refractivity contribution is -0.124. The molecule has 0 aliphatic rings. The molecule has 0 saturated carbocycles. The molecule has 0 aromatic rings. The van der Waals surface area contributed by atoms with Crippen molar-refractivity contribution in [3.05, 3.63) is 12.2 Å². The molecule has 70 valence electrons. The molecule has 0 radical (unpaired) electrons. The summed E-state index contributed by atoms with van der Waals surface area (Å²) in [6.07, 6.45) is 0.776. The zero-order valence-corrected chi connectivity index (χ0v) is 8.48. The molecular weight excluding hydrogens is 150 g/mol. The number of rotatable bonds is 4. The molecule has 0 fully saturated rings. The van der Waals surface area contributed by atoms with E-state index < -0.39 is 0 Å². The molecule has 0 aliphatic carbocycles. The van der Waals surface area contributed by atoms with Gasteiger partial charge in [0.25, 0.3) is 0 Å². The van der Waals surface area contributed by atoms with Crippen molar-refractivity contribution in [2.75, 3.05) is 0 Å². The average Bonchev–Trinajstić information content (AvgIpc) is 1.84. The minimum Gasteiger partial charge on any atom is -0.354 e. The summed E-state index contributed by atoms with van der Waals surface area (Å²) in [7, 11) is 0. The first-order valence-corrected chi connectivity index (χ1v) is 4.38. The zero-order chi connectivity index (χ0) is 9.72. The summed E-state index contributed by atoms with van der Waals surface area (Å²) in [5, 5.41) is 2.87. The highest BCUT2D eigenvalue weighted by Crippen LogP contribution is 2.08. The van der Waals surface area contributed by atoms with Crippen LogP contribution in [0.15, 0.2) is 12.2 Å². The topological polar surface area (TPSA) is 29.1 Å². The standard InChI is InChI=1S/C10H19NO/c1-7(2)6-9(5)10(12)11-8(3)4/h8-9H,1,6H2,2-5H3,(H,11,12). The lowest BCUT2D eigenvalue weighted by atomic mass is 10.0. The van der Waals surface area contributed by atoms with Crippen LogP contribution >= 0.6 is 0 Å². The van der Waals surface area contributed by atoms with Gasteiger partial charge in [0, 0.05) is 12.0 Å². The van der Waals surface area contributed by atoms with Crippen LogP contribution in [0.1, 0.15) is 34.1 Å². The van der Waals surface area contributed by atoms with E-state index in [4.69, 9.17) is 0 Å². The molecule has 0 bridgehead atoms. The van der Waals surface area contributed by atoms with Gasteiger partial charge in [0.15, 0.2) is 0 Å². The van der Waals surface area contributed by atoms with Crippen LogP contribution in [-0.4, -0.2) is 11.9 Å². The Morgan fingerprint density at radius 3 is 2.25 bits per heavy atom. The van der Waals surface area contributed by atoms with Crippen molar-refractivity contribution in [3.8, 4) is 0 Å². The Labute approximate surface area is 75.0 Å². The van der Waals surface area contributed by atoms with Crippen molar-refractivity contribution in [3.63, 3.8) is 0 Å². The number of carbonyl (C=O) groups excluding carboxylic acids is 1. The number of hydrogen-bond donors (Lipinski definition) is 1. The van der Waals surface area contributed by atoms with Gasteiger partial charge in [-0.1, -0.05) is 12.5 Å². The van der Waals surface area contributed by atoms with Crippen LogP contribution in [0.4, 0.5) is 0 Å². The second-order valence-corrected chi connectivity index (χ2v) is 3.73. The van der Waals surface area contributed by atoms with E-state index in [1.165, 1.54) is 0 Å². The molecule has 0 aliphatic heterocycles. The van der Waals surface area contributed by atoms with Crippen LogP contribution < -0.4 is 5.32 Å². The molecule has 0 aromatic carbocycles. The van der Waals surface area contributed by atoms with E-state index in [-0.39, 0.29) is 17.9 Å². The average molecular weight is 169 g/mol. The van der Waals surface area contributed by atoms with Gasteiger partial charge in [-0.2, -0.15) is 0 Å². The summed E-state index contributed by atoms with van der Waals surface area (Å²) < 4.78 is 0. The molecule has 12 heavy (non-hydrogen) atoms. The van der Waals surface area contributed by atoms with Crippen LogP contribution in [0.25, 0.3) is 0 Å².